The monoisotopic (exact) mass is 643 g/mol. The number of carbonyl (C=O) groups excluding carboxylic acids is 2. The van der Waals surface area contributed by atoms with Crippen LogP contribution in [0, 0.1) is 0 Å². The highest BCUT2D eigenvalue weighted by molar-refractivity contribution is 5.69. The van der Waals surface area contributed by atoms with Crippen molar-refractivity contribution >= 4 is 12.1 Å². The molecule has 8 heteroatoms. The van der Waals surface area contributed by atoms with Gasteiger partial charge < -0.3 is 24.2 Å². The molecule has 1 N–H and O–H groups in total. The minimum Gasteiger partial charge on any atom is -0.462 e. The maximum Gasteiger partial charge on any atom is 0.508 e. The molecule has 0 aromatic heterocycles. The fourth-order valence-corrected chi connectivity index (χ4v) is 5.70. The average molecular weight is 643 g/mol. The van der Waals surface area contributed by atoms with Gasteiger partial charge in [0.2, 0.25) is 0 Å². The number of likely N-dealkylation sites (N-methyl/N-ethyl adjacent to an activating group) is 1. The number of hydrogen-bond acceptors (Lipinski definition) is 8. The predicted octanol–water partition coefficient (Wildman–Crippen LogP) is 8.92. The fourth-order valence-electron chi connectivity index (χ4n) is 5.70. The molecule has 0 heterocycles. The van der Waals surface area contributed by atoms with Gasteiger partial charge in [-0.15, -0.1) is 0 Å². The van der Waals surface area contributed by atoms with Gasteiger partial charge in [0.05, 0.1) is 6.61 Å². The Bertz CT molecular complexity index is 661. The van der Waals surface area contributed by atoms with Crippen molar-refractivity contribution in [1.82, 2.24) is 9.80 Å². The summed E-state index contributed by atoms with van der Waals surface area (Å²) in [5, 5.41) is 9.43. The molecule has 0 aromatic rings. The SMILES string of the molecule is CCCCCCC(CCCCCCCCC(=O)OC(CCCC)CCCCC)OC(=O)OCCN(CCO)CCN(CC)CC. The Labute approximate surface area is 278 Å². The molecule has 0 saturated carbocycles. The summed E-state index contributed by atoms with van der Waals surface area (Å²) >= 11 is 0. The zero-order valence-corrected chi connectivity index (χ0v) is 30.3. The zero-order valence-electron chi connectivity index (χ0n) is 30.3. The first-order chi connectivity index (χ1) is 21.9. The lowest BCUT2D eigenvalue weighted by Crippen LogP contribution is -2.38. The summed E-state index contributed by atoms with van der Waals surface area (Å²) in [7, 11) is 0. The summed E-state index contributed by atoms with van der Waals surface area (Å²) in [6.45, 7) is 16.2. The third kappa shape index (κ3) is 27.4. The number of esters is 1. The van der Waals surface area contributed by atoms with Crippen LogP contribution in [-0.4, -0.2) is 91.7 Å². The van der Waals surface area contributed by atoms with Crippen molar-refractivity contribution in [1.29, 1.82) is 0 Å². The third-order valence-corrected chi connectivity index (χ3v) is 8.78. The first kappa shape index (κ1) is 43.6. The molecule has 45 heavy (non-hydrogen) atoms. The molecule has 0 aromatic carbocycles. The molecule has 268 valence electrons. The topological polar surface area (TPSA) is 88.5 Å². The van der Waals surface area contributed by atoms with E-state index in [1.165, 1.54) is 25.7 Å². The van der Waals surface area contributed by atoms with E-state index in [9.17, 15) is 14.7 Å². The van der Waals surface area contributed by atoms with E-state index in [-0.39, 0.29) is 31.4 Å². The van der Waals surface area contributed by atoms with Crippen LogP contribution >= 0.6 is 0 Å². The molecule has 0 radical (unpaired) electrons. The second kappa shape index (κ2) is 32.6. The highest BCUT2D eigenvalue weighted by Crippen LogP contribution is 2.18. The Morgan fingerprint density at radius 2 is 1.04 bits per heavy atom. The van der Waals surface area contributed by atoms with Gasteiger partial charge in [0.1, 0.15) is 18.8 Å². The summed E-state index contributed by atoms with van der Waals surface area (Å²) in [5.41, 5.74) is 0. The molecule has 0 saturated heterocycles. The van der Waals surface area contributed by atoms with Crippen LogP contribution in [0.2, 0.25) is 0 Å². The quantitative estimate of drug-likeness (QED) is 0.0561. The first-order valence-electron chi connectivity index (χ1n) is 19.0. The van der Waals surface area contributed by atoms with E-state index in [0.717, 1.165) is 122 Å². The predicted molar refractivity (Wildman–Crippen MR) is 187 cm³/mol. The van der Waals surface area contributed by atoms with Crippen LogP contribution in [0.4, 0.5) is 4.79 Å². The van der Waals surface area contributed by atoms with Crippen molar-refractivity contribution in [2.24, 2.45) is 0 Å². The third-order valence-electron chi connectivity index (χ3n) is 8.78. The summed E-state index contributed by atoms with van der Waals surface area (Å²) in [6.07, 6.45) is 20.5. The van der Waals surface area contributed by atoms with E-state index < -0.39 is 6.16 Å². The van der Waals surface area contributed by atoms with Crippen molar-refractivity contribution in [2.45, 2.75) is 175 Å². The van der Waals surface area contributed by atoms with Crippen molar-refractivity contribution in [3.05, 3.63) is 0 Å². The number of ether oxygens (including phenoxy) is 3. The van der Waals surface area contributed by atoms with Crippen molar-refractivity contribution in [3.8, 4) is 0 Å². The van der Waals surface area contributed by atoms with E-state index in [4.69, 9.17) is 14.2 Å². The Hall–Kier alpha value is -1.38. The molecule has 0 rings (SSSR count). The van der Waals surface area contributed by atoms with Crippen LogP contribution in [0.15, 0.2) is 0 Å². The Kier molecular flexibility index (Phi) is 31.6. The molecular formula is C37H74N2O6. The van der Waals surface area contributed by atoms with Crippen LogP contribution in [-0.2, 0) is 19.0 Å². The van der Waals surface area contributed by atoms with Gasteiger partial charge in [0.15, 0.2) is 0 Å². The Morgan fingerprint density at radius 3 is 1.64 bits per heavy atom. The van der Waals surface area contributed by atoms with Crippen LogP contribution in [0.1, 0.15) is 163 Å². The molecule has 0 bridgehead atoms. The number of hydrogen-bond donors (Lipinski definition) is 1. The van der Waals surface area contributed by atoms with Gasteiger partial charge in [-0.2, -0.15) is 0 Å². The van der Waals surface area contributed by atoms with E-state index >= 15 is 0 Å². The Balaban J connectivity index is 4.35. The lowest BCUT2D eigenvalue weighted by atomic mass is 10.0. The zero-order chi connectivity index (χ0) is 33.4. The molecule has 2 atom stereocenters. The lowest BCUT2D eigenvalue weighted by Gasteiger charge is -2.25. The Morgan fingerprint density at radius 1 is 0.556 bits per heavy atom. The molecule has 0 aliphatic heterocycles. The molecule has 0 aliphatic carbocycles. The van der Waals surface area contributed by atoms with Gasteiger partial charge in [0.25, 0.3) is 0 Å². The summed E-state index contributed by atoms with van der Waals surface area (Å²) in [6, 6.07) is 0. The number of carbonyl (C=O) groups is 2. The number of aliphatic hydroxyl groups is 1. The van der Waals surface area contributed by atoms with E-state index in [2.05, 4.69) is 44.4 Å². The normalized spacial score (nSPS) is 12.9. The molecule has 2 unspecified atom stereocenters. The van der Waals surface area contributed by atoms with Gasteiger partial charge in [-0.25, -0.2) is 4.79 Å². The van der Waals surface area contributed by atoms with Crippen LogP contribution in [0.5, 0.6) is 0 Å². The van der Waals surface area contributed by atoms with Crippen molar-refractivity contribution in [3.63, 3.8) is 0 Å². The summed E-state index contributed by atoms with van der Waals surface area (Å²) in [4.78, 5) is 29.4. The maximum atomic E-state index is 12.5. The fraction of sp³-hybridized carbons (Fsp3) is 0.946. The maximum absolute atomic E-state index is 12.5. The summed E-state index contributed by atoms with van der Waals surface area (Å²) < 4.78 is 17.1. The van der Waals surface area contributed by atoms with E-state index in [1.54, 1.807) is 0 Å². The number of rotatable bonds is 33. The van der Waals surface area contributed by atoms with Gasteiger partial charge in [-0.05, 0) is 64.5 Å². The minimum atomic E-state index is -0.572. The second-order valence-corrected chi connectivity index (χ2v) is 12.7. The number of nitrogens with zero attached hydrogens (tertiary/aromatic N) is 2. The highest BCUT2D eigenvalue weighted by Gasteiger charge is 2.17. The highest BCUT2D eigenvalue weighted by atomic mass is 16.7. The van der Waals surface area contributed by atoms with Crippen LogP contribution in [0.25, 0.3) is 0 Å². The van der Waals surface area contributed by atoms with Crippen LogP contribution in [0.3, 0.4) is 0 Å². The lowest BCUT2D eigenvalue weighted by molar-refractivity contribution is -0.150. The van der Waals surface area contributed by atoms with Gasteiger partial charge in [-0.1, -0.05) is 105 Å². The van der Waals surface area contributed by atoms with Gasteiger partial charge >= 0.3 is 12.1 Å². The molecule has 8 nitrogen and oxygen atoms in total. The number of aliphatic hydroxyl groups excluding tert-OH is 1. The molecule has 0 fully saturated rings. The molecular weight excluding hydrogens is 568 g/mol. The van der Waals surface area contributed by atoms with E-state index in [1.807, 2.05) is 0 Å². The van der Waals surface area contributed by atoms with E-state index in [0.29, 0.717) is 19.5 Å². The second-order valence-electron chi connectivity index (χ2n) is 12.7. The molecule has 0 amide bonds. The van der Waals surface area contributed by atoms with Crippen molar-refractivity contribution < 1.29 is 28.9 Å². The van der Waals surface area contributed by atoms with Crippen LogP contribution < -0.4 is 0 Å². The average Bonchev–Trinajstić information content (AvgIpc) is 3.03. The van der Waals surface area contributed by atoms with Gasteiger partial charge in [-0.3, -0.25) is 9.69 Å². The number of unbranched alkanes of at least 4 members (excludes halogenated alkanes) is 11. The minimum absolute atomic E-state index is 0.0247. The first-order valence-corrected chi connectivity index (χ1v) is 19.0. The standard InChI is InChI=1S/C37H74N2O6/c1-6-11-14-20-25-35(45-37(42)43-33-31-39(30-32-40)29-28-38(9-4)10-5)26-21-17-15-16-18-22-27-36(41)44-34(23-13-8-3)24-19-12-7-2/h34-35,40H,6-33H2,1-5H3. The molecule has 0 spiro atoms. The summed E-state index contributed by atoms with van der Waals surface area (Å²) in [5.74, 6) is -0.0247. The largest absolute Gasteiger partial charge is 0.508 e. The van der Waals surface area contributed by atoms with Gasteiger partial charge in [0, 0.05) is 32.6 Å². The molecule has 0 aliphatic rings. The smallest absolute Gasteiger partial charge is 0.462 e. The van der Waals surface area contributed by atoms with Crippen molar-refractivity contribution in [2.75, 3.05) is 52.5 Å².